The Morgan fingerprint density at radius 3 is 2.47 bits per heavy atom. The van der Waals surface area contributed by atoms with Crippen molar-refractivity contribution in [3.8, 4) is 0 Å². The standard InChI is InChI=1S/C13H28N2O2/c1-15(2)13(6-4-7-13)12-14-8-5-9-17-11-10-16-3/h14H,4-12H2,1-3H3. The van der Waals surface area contributed by atoms with Crippen LogP contribution in [0.25, 0.3) is 0 Å². The minimum atomic E-state index is 0.427. The zero-order valence-corrected chi connectivity index (χ0v) is 11.6. The molecule has 0 saturated heterocycles. The number of rotatable bonds is 10. The Hall–Kier alpha value is -0.160. The highest BCUT2D eigenvalue weighted by molar-refractivity contribution is 4.97. The first-order valence-electron chi connectivity index (χ1n) is 6.66. The summed E-state index contributed by atoms with van der Waals surface area (Å²) in [5, 5.41) is 3.55. The summed E-state index contributed by atoms with van der Waals surface area (Å²) in [5.41, 5.74) is 0.427. The van der Waals surface area contributed by atoms with E-state index in [9.17, 15) is 0 Å². The molecule has 0 heterocycles. The quantitative estimate of drug-likeness (QED) is 0.584. The third-order valence-electron chi connectivity index (χ3n) is 3.76. The van der Waals surface area contributed by atoms with Crippen molar-refractivity contribution in [2.45, 2.75) is 31.2 Å². The van der Waals surface area contributed by atoms with E-state index in [-0.39, 0.29) is 0 Å². The van der Waals surface area contributed by atoms with Crippen molar-refractivity contribution in [3.63, 3.8) is 0 Å². The molecule has 0 aromatic rings. The number of nitrogens with one attached hydrogen (secondary N) is 1. The molecule has 1 aliphatic carbocycles. The largest absolute Gasteiger partial charge is 0.382 e. The Balaban J connectivity index is 1.93. The maximum atomic E-state index is 5.42. The summed E-state index contributed by atoms with van der Waals surface area (Å²) in [6.45, 7) is 4.38. The van der Waals surface area contributed by atoms with Gasteiger partial charge in [0.05, 0.1) is 13.2 Å². The van der Waals surface area contributed by atoms with Crippen LogP contribution in [0.4, 0.5) is 0 Å². The van der Waals surface area contributed by atoms with Crippen molar-refractivity contribution in [2.75, 3.05) is 54.1 Å². The van der Waals surface area contributed by atoms with Gasteiger partial charge in [-0.3, -0.25) is 0 Å². The molecule has 0 amide bonds. The van der Waals surface area contributed by atoms with E-state index in [1.54, 1.807) is 7.11 Å². The highest BCUT2D eigenvalue weighted by Crippen LogP contribution is 2.35. The predicted molar refractivity (Wildman–Crippen MR) is 70.5 cm³/mol. The molecule has 1 saturated carbocycles. The molecule has 17 heavy (non-hydrogen) atoms. The highest BCUT2D eigenvalue weighted by atomic mass is 16.5. The van der Waals surface area contributed by atoms with Gasteiger partial charge < -0.3 is 19.7 Å². The molecule has 4 heteroatoms. The van der Waals surface area contributed by atoms with Crippen molar-refractivity contribution in [2.24, 2.45) is 0 Å². The van der Waals surface area contributed by atoms with Crippen molar-refractivity contribution < 1.29 is 9.47 Å². The molecule has 0 aliphatic heterocycles. The molecule has 0 radical (unpaired) electrons. The van der Waals surface area contributed by atoms with Crippen LogP contribution in [0.2, 0.25) is 0 Å². The molecule has 1 rings (SSSR count). The van der Waals surface area contributed by atoms with Crippen molar-refractivity contribution in [3.05, 3.63) is 0 Å². The summed E-state index contributed by atoms with van der Waals surface area (Å²) in [4.78, 5) is 2.37. The van der Waals surface area contributed by atoms with E-state index in [1.165, 1.54) is 19.3 Å². The summed E-state index contributed by atoms with van der Waals surface area (Å²) in [7, 11) is 6.08. The van der Waals surface area contributed by atoms with E-state index in [2.05, 4.69) is 24.3 Å². The predicted octanol–water partition coefficient (Wildman–Crippen LogP) is 1.11. The Morgan fingerprint density at radius 2 is 1.94 bits per heavy atom. The van der Waals surface area contributed by atoms with Crippen LogP contribution in [0.1, 0.15) is 25.7 Å². The lowest BCUT2D eigenvalue weighted by Crippen LogP contribution is -2.56. The molecule has 4 nitrogen and oxygen atoms in total. The SMILES string of the molecule is COCCOCCCNCC1(N(C)C)CCC1. The second kappa shape index (κ2) is 8.03. The van der Waals surface area contributed by atoms with E-state index in [0.717, 1.165) is 26.1 Å². The summed E-state index contributed by atoms with van der Waals surface area (Å²) in [6, 6.07) is 0. The smallest absolute Gasteiger partial charge is 0.0700 e. The van der Waals surface area contributed by atoms with Crippen LogP contribution in [0.15, 0.2) is 0 Å². The van der Waals surface area contributed by atoms with Gasteiger partial charge in [0.25, 0.3) is 0 Å². The van der Waals surface area contributed by atoms with Gasteiger partial charge in [0, 0.05) is 25.8 Å². The number of likely N-dealkylation sites (N-methyl/N-ethyl adjacent to an activating group) is 1. The Bertz CT molecular complexity index is 194. The summed E-state index contributed by atoms with van der Waals surface area (Å²) in [5.74, 6) is 0. The number of methoxy groups -OCH3 is 1. The summed E-state index contributed by atoms with van der Waals surface area (Å²) < 4.78 is 10.3. The molecule has 0 bridgehead atoms. The average Bonchev–Trinajstić information content (AvgIpc) is 2.24. The van der Waals surface area contributed by atoms with Gasteiger partial charge in [-0.05, 0) is 46.3 Å². The average molecular weight is 244 g/mol. The van der Waals surface area contributed by atoms with E-state index >= 15 is 0 Å². The van der Waals surface area contributed by atoms with Gasteiger partial charge in [0.2, 0.25) is 0 Å². The van der Waals surface area contributed by atoms with Crippen molar-refractivity contribution >= 4 is 0 Å². The van der Waals surface area contributed by atoms with Crippen LogP contribution in [0, 0.1) is 0 Å². The third-order valence-corrected chi connectivity index (χ3v) is 3.76. The van der Waals surface area contributed by atoms with Crippen LogP contribution in [-0.4, -0.2) is 64.6 Å². The second-order valence-electron chi connectivity index (χ2n) is 5.11. The van der Waals surface area contributed by atoms with Gasteiger partial charge in [-0.1, -0.05) is 0 Å². The minimum absolute atomic E-state index is 0.427. The fraction of sp³-hybridized carbons (Fsp3) is 1.00. The lowest BCUT2D eigenvalue weighted by Gasteiger charge is -2.47. The Kier molecular flexibility index (Phi) is 7.04. The minimum Gasteiger partial charge on any atom is -0.382 e. The van der Waals surface area contributed by atoms with Crippen molar-refractivity contribution in [1.82, 2.24) is 10.2 Å². The van der Waals surface area contributed by atoms with E-state index < -0.39 is 0 Å². The van der Waals surface area contributed by atoms with Crippen molar-refractivity contribution in [1.29, 1.82) is 0 Å². The first-order chi connectivity index (χ1) is 8.21. The number of nitrogens with zero attached hydrogens (tertiary/aromatic N) is 1. The van der Waals surface area contributed by atoms with Crippen LogP contribution in [-0.2, 0) is 9.47 Å². The lowest BCUT2D eigenvalue weighted by molar-refractivity contribution is 0.0559. The van der Waals surface area contributed by atoms with Gasteiger partial charge in [-0.15, -0.1) is 0 Å². The maximum absolute atomic E-state index is 5.42. The van der Waals surface area contributed by atoms with Gasteiger partial charge in [-0.25, -0.2) is 0 Å². The molecule has 0 spiro atoms. The fourth-order valence-corrected chi connectivity index (χ4v) is 2.23. The third kappa shape index (κ3) is 4.92. The maximum Gasteiger partial charge on any atom is 0.0700 e. The summed E-state index contributed by atoms with van der Waals surface area (Å²) in [6.07, 6.45) is 5.11. The first-order valence-corrected chi connectivity index (χ1v) is 6.66. The van der Waals surface area contributed by atoms with Crippen LogP contribution in [0.3, 0.4) is 0 Å². The summed E-state index contributed by atoms with van der Waals surface area (Å²) >= 11 is 0. The van der Waals surface area contributed by atoms with Crippen LogP contribution < -0.4 is 5.32 Å². The molecule has 0 unspecified atom stereocenters. The molecular formula is C13H28N2O2. The molecule has 0 atom stereocenters. The van der Waals surface area contributed by atoms with Gasteiger partial charge in [0.1, 0.15) is 0 Å². The zero-order valence-electron chi connectivity index (χ0n) is 11.6. The van der Waals surface area contributed by atoms with E-state index in [1.807, 2.05) is 0 Å². The Labute approximate surface area is 106 Å². The number of hydrogen-bond donors (Lipinski definition) is 1. The number of hydrogen-bond acceptors (Lipinski definition) is 4. The second-order valence-corrected chi connectivity index (χ2v) is 5.11. The van der Waals surface area contributed by atoms with Crippen LogP contribution in [0.5, 0.6) is 0 Å². The topological polar surface area (TPSA) is 33.7 Å². The van der Waals surface area contributed by atoms with E-state index in [0.29, 0.717) is 18.8 Å². The highest BCUT2D eigenvalue weighted by Gasteiger charge is 2.38. The number of ether oxygens (including phenoxy) is 2. The molecule has 102 valence electrons. The molecule has 0 aromatic carbocycles. The van der Waals surface area contributed by atoms with Gasteiger partial charge in [-0.2, -0.15) is 0 Å². The molecule has 0 aromatic heterocycles. The van der Waals surface area contributed by atoms with Gasteiger partial charge in [0.15, 0.2) is 0 Å². The molecule has 1 N–H and O–H groups in total. The van der Waals surface area contributed by atoms with Crippen LogP contribution >= 0.6 is 0 Å². The molecular weight excluding hydrogens is 216 g/mol. The Morgan fingerprint density at radius 1 is 1.18 bits per heavy atom. The lowest BCUT2D eigenvalue weighted by atomic mass is 9.75. The molecule has 1 fully saturated rings. The van der Waals surface area contributed by atoms with E-state index in [4.69, 9.17) is 9.47 Å². The molecule has 1 aliphatic rings. The first kappa shape index (κ1) is 14.9. The normalized spacial score (nSPS) is 18.4. The monoisotopic (exact) mass is 244 g/mol. The van der Waals surface area contributed by atoms with Gasteiger partial charge >= 0.3 is 0 Å². The fourth-order valence-electron chi connectivity index (χ4n) is 2.23. The zero-order chi connectivity index (χ0) is 12.6.